The predicted molar refractivity (Wildman–Crippen MR) is 104 cm³/mol. The average Bonchev–Trinajstić information content (AvgIpc) is 3.58. The average molecular weight is 366 g/mol. The molecule has 6 nitrogen and oxygen atoms in total. The highest BCUT2D eigenvalue weighted by molar-refractivity contribution is 5.53. The number of anilines is 2. The van der Waals surface area contributed by atoms with Crippen molar-refractivity contribution in [1.29, 1.82) is 0 Å². The Morgan fingerprint density at radius 3 is 2.81 bits per heavy atom. The monoisotopic (exact) mass is 366 g/mol. The second-order valence-electron chi connectivity index (χ2n) is 8.41. The first-order chi connectivity index (χ1) is 13.0. The van der Waals surface area contributed by atoms with Gasteiger partial charge >= 0.3 is 0 Å². The van der Waals surface area contributed by atoms with Gasteiger partial charge in [-0.1, -0.05) is 0 Å². The summed E-state index contributed by atoms with van der Waals surface area (Å²) in [6.07, 6.45) is 6.87. The molecule has 3 fully saturated rings. The van der Waals surface area contributed by atoms with Crippen LogP contribution in [0.2, 0.25) is 0 Å². The van der Waals surface area contributed by atoms with Crippen LogP contribution in [0.4, 0.5) is 11.5 Å². The topological polar surface area (TPSA) is 73.5 Å². The molecule has 3 aliphatic rings. The minimum atomic E-state index is 0.00454. The van der Waals surface area contributed by atoms with E-state index in [2.05, 4.69) is 33.9 Å². The van der Waals surface area contributed by atoms with Crippen molar-refractivity contribution in [3.63, 3.8) is 0 Å². The molecular formula is C21H26N4O2. The zero-order valence-electron chi connectivity index (χ0n) is 15.8. The van der Waals surface area contributed by atoms with E-state index in [1.807, 2.05) is 12.1 Å². The summed E-state index contributed by atoms with van der Waals surface area (Å²) < 4.78 is 12.0. The molecule has 2 aliphatic carbocycles. The molecule has 27 heavy (non-hydrogen) atoms. The summed E-state index contributed by atoms with van der Waals surface area (Å²) in [5.74, 6) is 1.86. The van der Waals surface area contributed by atoms with Gasteiger partial charge in [-0.25, -0.2) is 9.97 Å². The number of nitrogen functional groups attached to an aromatic ring is 1. The lowest BCUT2D eigenvalue weighted by molar-refractivity contribution is 0.0203. The minimum absolute atomic E-state index is 0.00454. The Morgan fingerprint density at radius 2 is 2.04 bits per heavy atom. The first-order valence-corrected chi connectivity index (χ1v) is 9.80. The summed E-state index contributed by atoms with van der Waals surface area (Å²) in [5.41, 5.74) is 9.09. The van der Waals surface area contributed by atoms with Crippen LogP contribution in [-0.2, 0) is 11.2 Å². The Labute approximate surface area is 159 Å². The Balaban J connectivity index is 1.34. The number of nitrogens with zero attached hydrogens (tertiary/aromatic N) is 3. The van der Waals surface area contributed by atoms with E-state index in [4.69, 9.17) is 15.2 Å². The van der Waals surface area contributed by atoms with Crippen LogP contribution in [-0.4, -0.2) is 40.9 Å². The third-order valence-corrected chi connectivity index (χ3v) is 5.89. The molecule has 1 saturated heterocycles. The van der Waals surface area contributed by atoms with E-state index in [0.29, 0.717) is 6.42 Å². The van der Waals surface area contributed by atoms with Crippen LogP contribution in [0, 0.1) is 0 Å². The van der Waals surface area contributed by atoms with E-state index in [-0.39, 0.29) is 11.2 Å². The number of ether oxygens (including phenoxy) is 2. The molecule has 0 unspecified atom stereocenters. The first kappa shape index (κ1) is 16.8. The van der Waals surface area contributed by atoms with Gasteiger partial charge in [0.25, 0.3) is 0 Å². The van der Waals surface area contributed by atoms with Crippen molar-refractivity contribution in [2.75, 3.05) is 30.3 Å². The van der Waals surface area contributed by atoms with Crippen molar-refractivity contribution in [1.82, 2.24) is 9.97 Å². The highest BCUT2D eigenvalue weighted by atomic mass is 16.5. The molecule has 1 spiro atoms. The van der Waals surface area contributed by atoms with Crippen LogP contribution in [0.15, 0.2) is 30.6 Å². The van der Waals surface area contributed by atoms with Gasteiger partial charge in [0.15, 0.2) is 0 Å². The molecule has 142 valence electrons. The van der Waals surface area contributed by atoms with E-state index < -0.39 is 0 Å². The van der Waals surface area contributed by atoms with Crippen molar-refractivity contribution in [2.45, 2.75) is 50.2 Å². The van der Waals surface area contributed by atoms with Crippen molar-refractivity contribution in [2.24, 2.45) is 0 Å². The summed E-state index contributed by atoms with van der Waals surface area (Å²) in [6.45, 7) is 4.72. The van der Waals surface area contributed by atoms with E-state index in [1.54, 1.807) is 6.33 Å². The molecule has 2 aromatic rings. The van der Waals surface area contributed by atoms with Gasteiger partial charge in [-0.2, -0.15) is 0 Å². The van der Waals surface area contributed by atoms with Gasteiger partial charge in [-0.15, -0.1) is 0 Å². The summed E-state index contributed by atoms with van der Waals surface area (Å²) >= 11 is 0. The molecule has 0 atom stereocenters. The lowest BCUT2D eigenvalue weighted by Crippen LogP contribution is -2.44. The van der Waals surface area contributed by atoms with Crippen molar-refractivity contribution in [3.05, 3.63) is 41.9 Å². The molecule has 0 radical (unpaired) electrons. The normalized spacial score (nSPS) is 21.9. The number of aromatic nitrogens is 2. The molecule has 2 N–H and O–H groups in total. The molecule has 6 heteroatoms. The fourth-order valence-electron chi connectivity index (χ4n) is 3.69. The largest absolute Gasteiger partial charge is 0.488 e. The molecule has 1 aliphatic heterocycles. The Kier molecular flexibility index (Phi) is 3.79. The number of hydrogen-bond acceptors (Lipinski definition) is 6. The highest BCUT2D eigenvalue weighted by Crippen LogP contribution is 2.43. The summed E-state index contributed by atoms with van der Waals surface area (Å²) in [6, 6.07) is 8.01. The molecule has 5 rings (SSSR count). The smallest absolute Gasteiger partial charge is 0.132 e. The van der Waals surface area contributed by atoms with Crippen molar-refractivity contribution in [3.8, 4) is 5.75 Å². The summed E-state index contributed by atoms with van der Waals surface area (Å²) in [7, 11) is 0. The molecule has 0 amide bonds. The van der Waals surface area contributed by atoms with Gasteiger partial charge in [0.05, 0.1) is 17.9 Å². The lowest BCUT2D eigenvalue weighted by atomic mass is 10.1. The third kappa shape index (κ3) is 3.58. The van der Waals surface area contributed by atoms with E-state index >= 15 is 0 Å². The van der Waals surface area contributed by atoms with Crippen LogP contribution in [0.5, 0.6) is 5.75 Å². The zero-order valence-corrected chi connectivity index (χ0v) is 15.8. The van der Waals surface area contributed by atoms with Gasteiger partial charge in [0.2, 0.25) is 0 Å². The molecule has 0 bridgehead atoms. The van der Waals surface area contributed by atoms with Crippen LogP contribution in [0.25, 0.3) is 0 Å². The maximum Gasteiger partial charge on any atom is 0.132 e. The predicted octanol–water partition coefficient (Wildman–Crippen LogP) is 2.95. The number of morpholine rings is 1. The molecular weight excluding hydrogens is 340 g/mol. The Bertz CT molecular complexity index is 861. The maximum atomic E-state index is 6.22. The molecule has 2 heterocycles. The standard InChI is InChI=1S/C21H26N4O2/c1-20(4-5-20)27-17-2-3-18(22)15(11-17)10-16-12-19(24-14-23-16)25-8-9-26-21(13-25)6-7-21/h2-3,11-12,14H,4-10,13,22H2,1H3. The quantitative estimate of drug-likeness (QED) is 0.820. The van der Waals surface area contributed by atoms with Gasteiger partial charge < -0.3 is 20.1 Å². The maximum absolute atomic E-state index is 6.22. The lowest BCUT2D eigenvalue weighted by Gasteiger charge is -2.34. The van der Waals surface area contributed by atoms with Crippen LogP contribution < -0.4 is 15.4 Å². The van der Waals surface area contributed by atoms with E-state index in [0.717, 1.165) is 73.9 Å². The van der Waals surface area contributed by atoms with E-state index in [1.165, 1.54) is 0 Å². The molecule has 1 aromatic heterocycles. The number of hydrogen-bond donors (Lipinski definition) is 1. The van der Waals surface area contributed by atoms with Gasteiger partial charge in [-0.3, -0.25) is 0 Å². The fourth-order valence-corrected chi connectivity index (χ4v) is 3.69. The number of nitrogens with two attached hydrogens (primary N) is 1. The second-order valence-corrected chi connectivity index (χ2v) is 8.41. The number of rotatable bonds is 5. The van der Waals surface area contributed by atoms with Gasteiger partial charge in [-0.05, 0) is 56.4 Å². The SMILES string of the molecule is CC1(Oc2ccc(N)c(Cc3cc(N4CCOC5(CC5)C4)ncn3)c2)CC1. The Hall–Kier alpha value is -2.34. The molecule has 2 saturated carbocycles. The van der Waals surface area contributed by atoms with Crippen molar-refractivity contribution >= 4 is 11.5 Å². The summed E-state index contributed by atoms with van der Waals surface area (Å²) in [5, 5.41) is 0. The second kappa shape index (κ2) is 6.09. The van der Waals surface area contributed by atoms with Gasteiger partial charge in [0.1, 0.15) is 23.5 Å². The number of benzene rings is 1. The molecule has 1 aromatic carbocycles. The van der Waals surface area contributed by atoms with Crippen molar-refractivity contribution < 1.29 is 9.47 Å². The highest BCUT2D eigenvalue weighted by Gasteiger charge is 2.47. The van der Waals surface area contributed by atoms with Crippen LogP contribution in [0.3, 0.4) is 0 Å². The van der Waals surface area contributed by atoms with Crippen LogP contribution in [0.1, 0.15) is 43.9 Å². The summed E-state index contributed by atoms with van der Waals surface area (Å²) in [4.78, 5) is 11.3. The minimum Gasteiger partial charge on any atom is -0.488 e. The fraction of sp³-hybridized carbons (Fsp3) is 0.524. The zero-order chi connectivity index (χ0) is 18.5. The van der Waals surface area contributed by atoms with Gasteiger partial charge in [0, 0.05) is 31.3 Å². The van der Waals surface area contributed by atoms with Crippen LogP contribution >= 0.6 is 0 Å². The third-order valence-electron chi connectivity index (χ3n) is 5.89. The first-order valence-electron chi connectivity index (χ1n) is 9.80. The Morgan fingerprint density at radius 1 is 1.19 bits per heavy atom. The van der Waals surface area contributed by atoms with E-state index in [9.17, 15) is 0 Å².